The molecule has 2 aliphatic heterocycles. The van der Waals surface area contributed by atoms with Crippen molar-refractivity contribution in [1.82, 2.24) is 20.4 Å². The Balaban J connectivity index is 0.00000256. The third-order valence-electron chi connectivity index (χ3n) is 7.10. The van der Waals surface area contributed by atoms with E-state index in [9.17, 15) is 9.59 Å². The molecule has 0 aromatic rings. The van der Waals surface area contributed by atoms with E-state index < -0.39 is 0 Å². The van der Waals surface area contributed by atoms with Crippen molar-refractivity contribution in [2.45, 2.75) is 32.6 Å². The zero-order chi connectivity index (χ0) is 20.4. The lowest BCUT2D eigenvalue weighted by atomic mass is 9.85. The highest BCUT2D eigenvalue weighted by Gasteiger charge is 2.58. The van der Waals surface area contributed by atoms with Gasteiger partial charge in [0, 0.05) is 39.8 Å². The minimum Gasteiger partial charge on any atom is -0.356 e. The van der Waals surface area contributed by atoms with Crippen LogP contribution in [0.15, 0.2) is 17.1 Å². The average molecular weight is 529 g/mol. The Bertz CT molecular complexity index is 667. The topological polar surface area (TPSA) is 77.0 Å². The highest BCUT2D eigenvalue weighted by atomic mass is 127. The van der Waals surface area contributed by atoms with Gasteiger partial charge in [-0.25, -0.2) is 0 Å². The van der Waals surface area contributed by atoms with Crippen molar-refractivity contribution in [3.05, 3.63) is 12.2 Å². The molecular formula is C22H36IN5O2. The predicted molar refractivity (Wildman–Crippen MR) is 129 cm³/mol. The van der Waals surface area contributed by atoms with Crippen LogP contribution in [-0.4, -0.2) is 73.9 Å². The van der Waals surface area contributed by atoms with Gasteiger partial charge in [0.15, 0.2) is 5.96 Å². The molecule has 5 unspecified atom stereocenters. The summed E-state index contributed by atoms with van der Waals surface area (Å²) in [7, 11) is 1.77. The van der Waals surface area contributed by atoms with Gasteiger partial charge in [0.2, 0.25) is 11.8 Å². The third kappa shape index (κ3) is 4.84. The number of nitrogens with one attached hydrogen (secondary N) is 2. The van der Waals surface area contributed by atoms with E-state index in [-0.39, 0.29) is 59.5 Å². The summed E-state index contributed by atoms with van der Waals surface area (Å²) in [6, 6.07) is 0. The summed E-state index contributed by atoms with van der Waals surface area (Å²) >= 11 is 0. The number of aliphatic imine (C=N–C) groups is 1. The fourth-order valence-corrected chi connectivity index (χ4v) is 5.67. The molecule has 2 heterocycles. The number of hydrogen-bond acceptors (Lipinski definition) is 4. The number of hydrogen-bond donors (Lipinski definition) is 2. The van der Waals surface area contributed by atoms with Crippen molar-refractivity contribution in [1.29, 1.82) is 0 Å². The average Bonchev–Trinajstić information content (AvgIpc) is 3.39. The summed E-state index contributed by atoms with van der Waals surface area (Å²) in [6.45, 7) is 7.79. The molecular weight excluding hydrogens is 493 g/mol. The molecule has 3 fully saturated rings. The highest BCUT2D eigenvalue weighted by Crippen LogP contribution is 2.52. The molecule has 2 N–H and O–H groups in total. The molecule has 4 rings (SSSR count). The van der Waals surface area contributed by atoms with E-state index in [1.54, 1.807) is 7.05 Å². The standard InChI is InChI=1S/C22H35N5O2.HI/c1-15-5-3-10-26(14-15)12-9-25-22(23-2)24-8-4-11-27-20(28)18-16-6-7-17(13-16)19(18)21(27)29;/h6-7,15-19H,3-5,8-14H2,1-2H3,(H2,23,24,25);1H. The van der Waals surface area contributed by atoms with Crippen molar-refractivity contribution in [2.24, 2.45) is 34.6 Å². The van der Waals surface area contributed by atoms with Crippen LogP contribution < -0.4 is 10.6 Å². The Morgan fingerprint density at radius 2 is 1.77 bits per heavy atom. The quantitative estimate of drug-likeness (QED) is 0.131. The summed E-state index contributed by atoms with van der Waals surface area (Å²) in [6.07, 6.45) is 8.64. The van der Waals surface area contributed by atoms with Crippen molar-refractivity contribution in [3.8, 4) is 0 Å². The molecule has 0 radical (unpaired) electrons. The van der Waals surface area contributed by atoms with Crippen LogP contribution in [0, 0.1) is 29.6 Å². The zero-order valence-corrected chi connectivity index (χ0v) is 20.5. The molecule has 0 spiro atoms. The van der Waals surface area contributed by atoms with E-state index in [1.165, 1.54) is 30.8 Å². The van der Waals surface area contributed by atoms with Gasteiger partial charge < -0.3 is 15.5 Å². The Hall–Kier alpha value is -1.16. The van der Waals surface area contributed by atoms with Gasteiger partial charge in [-0.2, -0.15) is 0 Å². The minimum atomic E-state index is -0.0857. The van der Waals surface area contributed by atoms with Gasteiger partial charge in [0.05, 0.1) is 11.8 Å². The summed E-state index contributed by atoms with van der Waals surface area (Å²) in [5.74, 6) is 2.09. The summed E-state index contributed by atoms with van der Waals surface area (Å²) in [5.41, 5.74) is 0. The Kier molecular flexibility index (Phi) is 8.17. The zero-order valence-electron chi connectivity index (χ0n) is 18.2. The second-order valence-electron chi connectivity index (χ2n) is 9.16. The molecule has 1 saturated carbocycles. The van der Waals surface area contributed by atoms with Gasteiger partial charge in [-0.3, -0.25) is 19.5 Å². The smallest absolute Gasteiger partial charge is 0.233 e. The van der Waals surface area contributed by atoms with Crippen molar-refractivity contribution < 1.29 is 9.59 Å². The molecule has 168 valence electrons. The summed E-state index contributed by atoms with van der Waals surface area (Å²) in [5, 5.41) is 6.68. The molecule has 2 saturated heterocycles. The lowest BCUT2D eigenvalue weighted by Gasteiger charge is -2.30. The van der Waals surface area contributed by atoms with Crippen molar-refractivity contribution in [3.63, 3.8) is 0 Å². The Morgan fingerprint density at radius 1 is 1.10 bits per heavy atom. The largest absolute Gasteiger partial charge is 0.356 e. The Morgan fingerprint density at radius 3 is 2.40 bits per heavy atom. The molecule has 7 nitrogen and oxygen atoms in total. The highest BCUT2D eigenvalue weighted by molar-refractivity contribution is 14.0. The van der Waals surface area contributed by atoms with Crippen LogP contribution in [0.2, 0.25) is 0 Å². The van der Waals surface area contributed by atoms with Gasteiger partial charge in [-0.1, -0.05) is 19.1 Å². The monoisotopic (exact) mass is 529 g/mol. The molecule has 2 aliphatic carbocycles. The van der Waals surface area contributed by atoms with Gasteiger partial charge in [-0.15, -0.1) is 24.0 Å². The number of imide groups is 1. The molecule has 2 bridgehead atoms. The van der Waals surface area contributed by atoms with Crippen LogP contribution in [0.4, 0.5) is 0 Å². The Labute approximate surface area is 197 Å². The van der Waals surface area contributed by atoms with Gasteiger partial charge in [0.25, 0.3) is 0 Å². The van der Waals surface area contributed by atoms with Crippen LogP contribution >= 0.6 is 24.0 Å². The number of halogens is 1. The molecule has 0 aromatic carbocycles. The van der Waals surface area contributed by atoms with Crippen LogP contribution in [-0.2, 0) is 9.59 Å². The molecule has 2 amide bonds. The van der Waals surface area contributed by atoms with E-state index >= 15 is 0 Å². The van der Waals surface area contributed by atoms with Crippen molar-refractivity contribution >= 4 is 41.8 Å². The lowest BCUT2D eigenvalue weighted by Crippen LogP contribution is -2.44. The first-order valence-electron chi connectivity index (χ1n) is 11.3. The molecule has 30 heavy (non-hydrogen) atoms. The number of likely N-dealkylation sites (tertiary alicyclic amines) is 2. The van der Waals surface area contributed by atoms with Gasteiger partial charge in [0.1, 0.15) is 0 Å². The van der Waals surface area contributed by atoms with Crippen LogP contribution in [0.5, 0.6) is 0 Å². The molecule has 5 atom stereocenters. The normalized spacial score (nSPS) is 33.1. The second-order valence-corrected chi connectivity index (χ2v) is 9.16. The maximum Gasteiger partial charge on any atom is 0.233 e. The van der Waals surface area contributed by atoms with Crippen LogP contribution in [0.1, 0.15) is 32.6 Å². The lowest BCUT2D eigenvalue weighted by molar-refractivity contribution is -0.140. The van der Waals surface area contributed by atoms with Gasteiger partial charge in [-0.05, 0) is 50.0 Å². The first-order chi connectivity index (χ1) is 14.1. The first kappa shape index (κ1) is 23.5. The number of fused-ring (bicyclic) bond motifs is 5. The van der Waals surface area contributed by atoms with Crippen molar-refractivity contribution in [2.75, 3.05) is 46.3 Å². The molecule has 8 heteroatoms. The van der Waals surface area contributed by atoms with E-state index in [0.29, 0.717) is 13.1 Å². The van der Waals surface area contributed by atoms with Crippen LogP contribution in [0.25, 0.3) is 0 Å². The van der Waals surface area contributed by atoms with E-state index in [4.69, 9.17) is 0 Å². The number of piperidine rings is 1. The number of nitrogens with zero attached hydrogens (tertiary/aromatic N) is 3. The number of amides is 2. The maximum atomic E-state index is 12.7. The fourth-order valence-electron chi connectivity index (χ4n) is 5.67. The molecule has 4 aliphatic rings. The van der Waals surface area contributed by atoms with Gasteiger partial charge >= 0.3 is 0 Å². The summed E-state index contributed by atoms with van der Waals surface area (Å²) < 4.78 is 0. The first-order valence-corrected chi connectivity index (χ1v) is 11.3. The predicted octanol–water partition coefficient (Wildman–Crippen LogP) is 1.70. The third-order valence-corrected chi connectivity index (χ3v) is 7.10. The number of guanidine groups is 1. The number of carbonyl (C=O) groups is 2. The number of carbonyl (C=O) groups excluding carboxylic acids is 2. The maximum absolute atomic E-state index is 12.7. The van der Waals surface area contributed by atoms with Crippen LogP contribution in [0.3, 0.4) is 0 Å². The number of allylic oxidation sites excluding steroid dienone is 2. The minimum absolute atomic E-state index is 0. The van der Waals surface area contributed by atoms with E-state index in [2.05, 4.69) is 39.6 Å². The summed E-state index contributed by atoms with van der Waals surface area (Å²) in [4.78, 5) is 33.7. The molecule has 0 aromatic heterocycles. The number of rotatable bonds is 7. The second kappa shape index (κ2) is 10.4. The fraction of sp³-hybridized carbons (Fsp3) is 0.773. The SMILES string of the molecule is CN=C(NCCCN1C(=O)C2C3C=CC(C3)C2C1=O)NCCN1CCCC(C)C1.I. The van der Waals surface area contributed by atoms with E-state index in [1.807, 2.05) is 0 Å². The van der Waals surface area contributed by atoms with E-state index in [0.717, 1.165) is 37.8 Å².